The molecular weight excluding hydrogens is 459 g/mol. The molecule has 0 aliphatic heterocycles. The van der Waals surface area contributed by atoms with Gasteiger partial charge in [0.25, 0.3) is 10.0 Å². The van der Waals surface area contributed by atoms with Crippen molar-refractivity contribution in [3.05, 3.63) is 90.2 Å². The summed E-state index contributed by atoms with van der Waals surface area (Å²) < 4.78 is 45.9. The van der Waals surface area contributed by atoms with Crippen LogP contribution >= 0.6 is 0 Å². The number of ether oxygens (including phenoxy) is 1. The SMILES string of the molecule is CCCCOC(=O)c1ccc(NC(=O)CN(c2ccc(F)cc2)S(=O)(=O)c2ccccc2)cc1. The third kappa shape index (κ3) is 6.41. The van der Waals surface area contributed by atoms with Gasteiger partial charge in [0, 0.05) is 5.69 Å². The van der Waals surface area contributed by atoms with E-state index in [-0.39, 0.29) is 10.6 Å². The normalized spacial score (nSPS) is 11.0. The van der Waals surface area contributed by atoms with Gasteiger partial charge in [-0.2, -0.15) is 0 Å². The smallest absolute Gasteiger partial charge is 0.338 e. The van der Waals surface area contributed by atoms with Gasteiger partial charge < -0.3 is 10.1 Å². The van der Waals surface area contributed by atoms with Crippen LogP contribution < -0.4 is 9.62 Å². The minimum Gasteiger partial charge on any atom is -0.462 e. The fourth-order valence-corrected chi connectivity index (χ4v) is 4.50. The highest BCUT2D eigenvalue weighted by Gasteiger charge is 2.27. The summed E-state index contributed by atoms with van der Waals surface area (Å²) in [5, 5.41) is 2.62. The molecule has 3 aromatic carbocycles. The van der Waals surface area contributed by atoms with Crippen molar-refractivity contribution in [1.82, 2.24) is 0 Å². The maximum absolute atomic E-state index is 13.4. The number of nitrogens with one attached hydrogen (secondary N) is 1. The van der Waals surface area contributed by atoms with E-state index >= 15 is 0 Å². The molecule has 0 aliphatic rings. The van der Waals surface area contributed by atoms with Gasteiger partial charge in [-0.3, -0.25) is 9.10 Å². The summed E-state index contributed by atoms with van der Waals surface area (Å²) >= 11 is 0. The zero-order valence-corrected chi connectivity index (χ0v) is 19.4. The van der Waals surface area contributed by atoms with E-state index in [1.54, 1.807) is 18.2 Å². The lowest BCUT2D eigenvalue weighted by Crippen LogP contribution is -2.38. The first-order valence-corrected chi connectivity index (χ1v) is 12.2. The van der Waals surface area contributed by atoms with E-state index in [9.17, 15) is 22.4 Å². The van der Waals surface area contributed by atoms with Gasteiger partial charge in [0.05, 0.1) is 22.8 Å². The molecule has 0 saturated heterocycles. The minimum absolute atomic E-state index is 0.00179. The highest BCUT2D eigenvalue weighted by Crippen LogP contribution is 2.24. The average Bonchev–Trinajstić information content (AvgIpc) is 2.84. The van der Waals surface area contributed by atoms with Crippen LogP contribution in [0.15, 0.2) is 83.8 Å². The Labute approximate surface area is 198 Å². The monoisotopic (exact) mass is 484 g/mol. The van der Waals surface area contributed by atoms with Crippen molar-refractivity contribution in [1.29, 1.82) is 0 Å². The van der Waals surface area contributed by atoms with Crippen molar-refractivity contribution in [2.45, 2.75) is 24.7 Å². The van der Waals surface area contributed by atoms with Crippen LogP contribution in [0.4, 0.5) is 15.8 Å². The van der Waals surface area contributed by atoms with Gasteiger partial charge in [0.2, 0.25) is 5.91 Å². The Bertz CT molecular complexity index is 1210. The molecule has 0 aliphatic carbocycles. The van der Waals surface area contributed by atoms with Crippen LogP contribution in [0.5, 0.6) is 0 Å². The predicted octanol–water partition coefficient (Wildman–Crippen LogP) is 4.62. The van der Waals surface area contributed by atoms with Crippen molar-refractivity contribution in [3.8, 4) is 0 Å². The Morgan fingerprint density at radius 2 is 1.59 bits per heavy atom. The van der Waals surface area contributed by atoms with Crippen LogP contribution in [-0.2, 0) is 19.6 Å². The Morgan fingerprint density at radius 3 is 2.21 bits per heavy atom. The van der Waals surface area contributed by atoms with Crippen LogP contribution in [0, 0.1) is 5.82 Å². The zero-order chi connectivity index (χ0) is 24.6. The van der Waals surface area contributed by atoms with Gasteiger partial charge in [0.15, 0.2) is 0 Å². The van der Waals surface area contributed by atoms with Crippen molar-refractivity contribution in [2.24, 2.45) is 0 Å². The Kier molecular flexibility index (Phi) is 8.37. The van der Waals surface area contributed by atoms with Crippen molar-refractivity contribution in [3.63, 3.8) is 0 Å². The molecule has 178 valence electrons. The third-order valence-corrected chi connectivity index (χ3v) is 6.66. The summed E-state index contributed by atoms with van der Waals surface area (Å²) in [5.74, 6) is -1.59. The molecular formula is C25H25FN2O5S. The molecule has 1 N–H and O–H groups in total. The lowest BCUT2D eigenvalue weighted by atomic mass is 10.2. The van der Waals surface area contributed by atoms with E-state index in [0.717, 1.165) is 29.3 Å². The fraction of sp³-hybridized carbons (Fsp3) is 0.200. The number of unbranched alkanes of at least 4 members (excludes halogenated alkanes) is 1. The lowest BCUT2D eigenvalue weighted by molar-refractivity contribution is -0.114. The lowest BCUT2D eigenvalue weighted by Gasteiger charge is -2.24. The molecule has 0 atom stereocenters. The molecule has 0 aromatic heterocycles. The number of hydrogen-bond donors (Lipinski definition) is 1. The van der Waals surface area contributed by atoms with E-state index in [0.29, 0.717) is 17.9 Å². The number of hydrogen-bond acceptors (Lipinski definition) is 5. The summed E-state index contributed by atoms with van der Waals surface area (Å²) in [4.78, 5) is 24.8. The Balaban J connectivity index is 1.76. The summed E-state index contributed by atoms with van der Waals surface area (Å²) in [6.07, 6.45) is 1.68. The third-order valence-electron chi connectivity index (χ3n) is 4.87. The van der Waals surface area contributed by atoms with Gasteiger partial charge in [-0.15, -0.1) is 0 Å². The number of carbonyl (C=O) groups excluding carboxylic acids is 2. The standard InChI is InChI=1S/C25H25FN2O5S/c1-2-3-17-33-25(30)19-9-13-21(14-10-19)27-24(29)18-28(22-15-11-20(26)12-16-22)34(31,32)23-7-5-4-6-8-23/h4-16H,2-3,17-18H2,1H3,(H,27,29). The molecule has 0 saturated carbocycles. The topological polar surface area (TPSA) is 92.8 Å². The molecule has 7 nitrogen and oxygen atoms in total. The van der Waals surface area contributed by atoms with Crippen LogP contribution in [-0.4, -0.2) is 33.4 Å². The predicted molar refractivity (Wildman–Crippen MR) is 128 cm³/mol. The molecule has 0 bridgehead atoms. The number of anilines is 2. The van der Waals surface area contributed by atoms with E-state index < -0.39 is 34.3 Å². The molecule has 34 heavy (non-hydrogen) atoms. The van der Waals surface area contributed by atoms with E-state index in [1.807, 2.05) is 6.92 Å². The number of amides is 1. The molecule has 3 rings (SSSR count). The molecule has 0 fully saturated rings. The number of sulfonamides is 1. The maximum atomic E-state index is 13.4. The van der Waals surface area contributed by atoms with Gasteiger partial charge in [-0.05, 0) is 67.1 Å². The van der Waals surface area contributed by atoms with E-state index in [4.69, 9.17) is 4.74 Å². The van der Waals surface area contributed by atoms with Crippen molar-refractivity contribution in [2.75, 3.05) is 22.8 Å². The molecule has 0 heterocycles. The summed E-state index contributed by atoms with van der Waals surface area (Å²) in [5.41, 5.74) is 0.866. The summed E-state index contributed by atoms with van der Waals surface area (Å²) in [7, 11) is -4.09. The molecule has 0 radical (unpaired) electrons. The Hall–Kier alpha value is -3.72. The largest absolute Gasteiger partial charge is 0.462 e. The van der Waals surface area contributed by atoms with Crippen LogP contribution in [0.1, 0.15) is 30.1 Å². The average molecular weight is 485 g/mol. The number of nitrogens with zero attached hydrogens (tertiary/aromatic N) is 1. The van der Waals surface area contributed by atoms with Crippen molar-refractivity contribution >= 4 is 33.3 Å². The maximum Gasteiger partial charge on any atom is 0.338 e. The minimum atomic E-state index is -4.09. The van der Waals surface area contributed by atoms with E-state index in [1.165, 1.54) is 48.5 Å². The Morgan fingerprint density at radius 1 is 0.941 bits per heavy atom. The number of benzene rings is 3. The first-order chi connectivity index (χ1) is 16.3. The number of halogens is 1. The van der Waals surface area contributed by atoms with Crippen LogP contribution in [0.2, 0.25) is 0 Å². The summed E-state index contributed by atoms with van der Waals surface area (Å²) in [6.45, 7) is 1.79. The van der Waals surface area contributed by atoms with Crippen LogP contribution in [0.25, 0.3) is 0 Å². The van der Waals surface area contributed by atoms with Crippen LogP contribution in [0.3, 0.4) is 0 Å². The molecule has 9 heteroatoms. The van der Waals surface area contributed by atoms with Gasteiger partial charge in [-0.25, -0.2) is 17.6 Å². The fourth-order valence-electron chi connectivity index (χ4n) is 3.06. The van der Waals surface area contributed by atoms with Gasteiger partial charge in [-0.1, -0.05) is 31.5 Å². The second kappa shape index (κ2) is 11.4. The van der Waals surface area contributed by atoms with E-state index in [2.05, 4.69) is 5.32 Å². The highest BCUT2D eigenvalue weighted by molar-refractivity contribution is 7.92. The van der Waals surface area contributed by atoms with Crippen molar-refractivity contribution < 1.29 is 27.1 Å². The summed E-state index contributed by atoms with van der Waals surface area (Å²) in [6, 6.07) is 18.6. The molecule has 0 unspecified atom stereocenters. The molecule has 3 aromatic rings. The zero-order valence-electron chi connectivity index (χ0n) is 18.6. The molecule has 1 amide bonds. The number of rotatable bonds is 10. The van der Waals surface area contributed by atoms with Gasteiger partial charge >= 0.3 is 5.97 Å². The first kappa shape index (κ1) is 24.9. The van der Waals surface area contributed by atoms with Gasteiger partial charge in [0.1, 0.15) is 12.4 Å². The quantitative estimate of drug-likeness (QED) is 0.335. The molecule has 0 spiro atoms. The first-order valence-electron chi connectivity index (χ1n) is 10.7. The number of carbonyl (C=O) groups is 2. The highest BCUT2D eigenvalue weighted by atomic mass is 32.2. The second-order valence-electron chi connectivity index (χ2n) is 7.42. The number of esters is 1. The second-order valence-corrected chi connectivity index (χ2v) is 9.28.